The quantitative estimate of drug-likeness (QED) is 0.887. The average molecular weight is 290 g/mol. The zero-order valence-corrected chi connectivity index (χ0v) is 11.5. The van der Waals surface area contributed by atoms with Crippen LogP contribution in [0.15, 0.2) is 42.5 Å². The molecule has 0 saturated heterocycles. The van der Waals surface area contributed by atoms with Crippen molar-refractivity contribution in [3.05, 3.63) is 65.0 Å². The molecule has 0 heterocycles. The van der Waals surface area contributed by atoms with E-state index < -0.39 is 11.8 Å². The Kier molecular flexibility index (Phi) is 4.90. The molecule has 2 aromatic rings. The van der Waals surface area contributed by atoms with Gasteiger partial charge in [-0.15, -0.1) is 0 Å². The lowest BCUT2D eigenvalue weighted by molar-refractivity contribution is 0.0694. The van der Waals surface area contributed by atoms with Gasteiger partial charge in [0.2, 0.25) is 0 Å². The predicted molar refractivity (Wildman–Crippen MR) is 74.8 cm³/mol. The number of carboxylic acids is 1. The van der Waals surface area contributed by atoms with Crippen LogP contribution >= 0.6 is 0 Å². The lowest BCUT2D eigenvalue weighted by Crippen LogP contribution is -2.06. The Balaban J connectivity index is 2.14. The van der Waals surface area contributed by atoms with Crippen molar-refractivity contribution >= 4 is 5.97 Å². The van der Waals surface area contributed by atoms with Gasteiger partial charge in [-0.3, -0.25) is 0 Å². The summed E-state index contributed by atoms with van der Waals surface area (Å²) >= 11 is 0. The number of hydrogen-bond acceptors (Lipinski definition) is 3. The van der Waals surface area contributed by atoms with E-state index in [1.54, 1.807) is 19.2 Å². The van der Waals surface area contributed by atoms with E-state index >= 15 is 0 Å². The van der Waals surface area contributed by atoms with Gasteiger partial charge in [-0.25, -0.2) is 9.18 Å². The molecule has 0 bridgehead atoms. The first-order valence-corrected chi connectivity index (χ1v) is 6.32. The van der Waals surface area contributed by atoms with Gasteiger partial charge >= 0.3 is 5.97 Å². The topological polar surface area (TPSA) is 55.8 Å². The largest absolute Gasteiger partial charge is 0.489 e. The summed E-state index contributed by atoms with van der Waals surface area (Å²) in [6.07, 6.45) is 0. The number of carboxylic acid groups (broad SMARTS) is 1. The Morgan fingerprint density at radius 2 is 2.00 bits per heavy atom. The summed E-state index contributed by atoms with van der Waals surface area (Å²) in [5, 5.41) is 9.07. The highest BCUT2D eigenvalue weighted by Gasteiger charge is 2.11. The van der Waals surface area contributed by atoms with Gasteiger partial charge in [0.05, 0.1) is 12.2 Å². The van der Waals surface area contributed by atoms with E-state index in [4.69, 9.17) is 14.6 Å². The van der Waals surface area contributed by atoms with Crippen molar-refractivity contribution in [3.63, 3.8) is 0 Å². The summed E-state index contributed by atoms with van der Waals surface area (Å²) in [7, 11) is 1.60. The van der Waals surface area contributed by atoms with Gasteiger partial charge in [0.15, 0.2) is 0 Å². The van der Waals surface area contributed by atoms with Crippen LogP contribution in [-0.2, 0) is 18.0 Å². The molecule has 0 fully saturated rings. The number of carbonyl (C=O) groups is 1. The van der Waals surface area contributed by atoms with Gasteiger partial charge in [0.1, 0.15) is 18.2 Å². The van der Waals surface area contributed by atoms with Crippen molar-refractivity contribution in [2.24, 2.45) is 0 Å². The van der Waals surface area contributed by atoms with Gasteiger partial charge in [-0.2, -0.15) is 0 Å². The number of halogens is 1. The molecule has 4 nitrogen and oxygen atoms in total. The number of aromatic carboxylic acids is 1. The van der Waals surface area contributed by atoms with E-state index in [-0.39, 0.29) is 12.2 Å². The second-order valence-electron chi connectivity index (χ2n) is 4.48. The standard InChI is InChI=1S/C16H15FO4/c1-20-9-11-3-2-4-14(7-11)21-10-12-8-13(17)5-6-15(12)16(18)19/h2-8H,9-10H2,1H3,(H,18,19). The van der Waals surface area contributed by atoms with E-state index in [2.05, 4.69) is 0 Å². The fraction of sp³-hybridized carbons (Fsp3) is 0.188. The van der Waals surface area contributed by atoms with Crippen molar-refractivity contribution in [1.82, 2.24) is 0 Å². The summed E-state index contributed by atoms with van der Waals surface area (Å²) in [5.41, 5.74) is 1.26. The molecule has 1 N–H and O–H groups in total. The molecule has 0 aliphatic rings. The Morgan fingerprint density at radius 3 is 2.71 bits per heavy atom. The molecule has 0 radical (unpaired) electrons. The highest BCUT2D eigenvalue weighted by atomic mass is 19.1. The monoisotopic (exact) mass is 290 g/mol. The molecule has 0 aromatic heterocycles. The van der Waals surface area contributed by atoms with Gasteiger partial charge in [0.25, 0.3) is 0 Å². The highest BCUT2D eigenvalue weighted by Crippen LogP contribution is 2.18. The van der Waals surface area contributed by atoms with Crippen LogP contribution in [0.25, 0.3) is 0 Å². The van der Waals surface area contributed by atoms with Crippen LogP contribution in [0.3, 0.4) is 0 Å². The van der Waals surface area contributed by atoms with E-state index in [9.17, 15) is 9.18 Å². The molecule has 110 valence electrons. The number of ether oxygens (including phenoxy) is 2. The summed E-state index contributed by atoms with van der Waals surface area (Å²) in [6, 6.07) is 10.8. The van der Waals surface area contributed by atoms with E-state index in [1.807, 2.05) is 12.1 Å². The van der Waals surface area contributed by atoms with Crippen LogP contribution in [-0.4, -0.2) is 18.2 Å². The molecule has 0 spiro atoms. The fourth-order valence-corrected chi connectivity index (χ4v) is 1.94. The molecule has 2 rings (SSSR count). The number of benzene rings is 2. The molecular formula is C16H15FO4. The van der Waals surface area contributed by atoms with Gasteiger partial charge < -0.3 is 14.6 Å². The van der Waals surface area contributed by atoms with Crippen LogP contribution < -0.4 is 4.74 Å². The van der Waals surface area contributed by atoms with Crippen LogP contribution in [0.5, 0.6) is 5.75 Å². The molecule has 5 heteroatoms. The fourth-order valence-electron chi connectivity index (χ4n) is 1.94. The molecule has 0 saturated carbocycles. The van der Waals surface area contributed by atoms with Crippen molar-refractivity contribution in [1.29, 1.82) is 0 Å². The summed E-state index contributed by atoms with van der Waals surface area (Å²) < 4.78 is 23.8. The second-order valence-corrected chi connectivity index (χ2v) is 4.48. The Labute approximate surface area is 121 Å². The molecule has 21 heavy (non-hydrogen) atoms. The van der Waals surface area contributed by atoms with E-state index in [0.29, 0.717) is 17.9 Å². The lowest BCUT2D eigenvalue weighted by Gasteiger charge is -2.10. The third kappa shape index (κ3) is 4.03. The van der Waals surface area contributed by atoms with E-state index in [0.717, 1.165) is 11.6 Å². The number of rotatable bonds is 6. The molecule has 0 aliphatic heterocycles. The summed E-state index contributed by atoms with van der Waals surface area (Å²) in [6.45, 7) is 0.438. The van der Waals surface area contributed by atoms with Gasteiger partial charge in [-0.05, 0) is 35.9 Å². The third-order valence-corrected chi connectivity index (χ3v) is 2.90. The maximum absolute atomic E-state index is 13.2. The normalized spacial score (nSPS) is 10.4. The van der Waals surface area contributed by atoms with Crippen molar-refractivity contribution in [2.75, 3.05) is 7.11 Å². The Morgan fingerprint density at radius 1 is 1.19 bits per heavy atom. The second kappa shape index (κ2) is 6.85. The first-order chi connectivity index (χ1) is 10.1. The minimum absolute atomic E-state index is 0.0180. The maximum atomic E-state index is 13.2. The number of hydrogen-bond donors (Lipinski definition) is 1. The van der Waals surface area contributed by atoms with Gasteiger partial charge in [0, 0.05) is 12.7 Å². The number of methoxy groups -OCH3 is 1. The van der Waals surface area contributed by atoms with Gasteiger partial charge in [-0.1, -0.05) is 12.1 Å². The summed E-state index contributed by atoms with van der Waals surface area (Å²) in [5.74, 6) is -1.03. The zero-order chi connectivity index (χ0) is 15.2. The van der Waals surface area contributed by atoms with Crippen LogP contribution in [0.1, 0.15) is 21.5 Å². The van der Waals surface area contributed by atoms with Crippen molar-refractivity contribution in [3.8, 4) is 5.75 Å². The Hall–Kier alpha value is -2.40. The highest BCUT2D eigenvalue weighted by molar-refractivity contribution is 5.89. The first kappa shape index (κ1) is 15.0. The summed E-state index contributed by atoms with van der Waals surface area (Å²) in [4.78, 5) is 11.1. The molecule has 0 atom stereocenters. The Bertz CT molecular complexity index is 640. The smallest absolute Gasteiger partial charge is 0.336 e. The maximum Gasteiger partial charge on any atom is 0.336 e. The predicted octanol–water partition coefficient (Wildman–Crippen LogP) is 3.25. The average Bonchev–Trinajstić information content (AvgIpc) is 2.45. The minimum Gasteiger partial charge on any atom is -0.489 e. The van der Waals surface area contributed by atoms with Crippen LogP contribution in [0.4, 0.5) is 4.39 Å². The van der Waals surface area contributed by atoms with Crippen molar-refractivity contribution < 1.29 is 23.8 Å². The molecule has 2 aromatic carbocycles. The minimum atomic E-state index is -1.11. The molecule has 0 amide bonds. The lowest BCUT2D eigenvalue weighted by atomic mass is 10.1. The van der Waals surface area contributed by atoms with E-state index in [1.165, 1.54) is 12.1 Å². The SMILES string of the molecule is COCc1cccc(OCc2cc(F)ccc2C(=O)O)c1. The molecule has 0 unspecified atom stereocenters. The zero-order valence-electron chi connectivity index (χ0n) is 11.5. The first-order valence-electron chi connectivity index (χ1n) is 6.32. The third-order valence-electron chi connectivity index (χ3n) is 2.90. The van der Waals surface area contributed by atoms with Crippen molar-refractivity contribution in [2.45, 2.75) is 13.2 Å². The van der Waals surface area contributed by atoms with Crippen LogP contribution in [0, 0.1) is 5.82 Å². The van der Waals surface area contributed by atoms with Crippen LogP contribution in [0.2, 0.25) is 0 Å². The molecular weight excluding hydrogens is 275 g/mol. The molecule has 0 aliphatic carbocycles.